The Kier molecular flexibility index (Phi) is 4.72. The highest BCUT2D eigenvalue weighted by Crippen LogP contribution is 2.34. The molecule has 0 aromatic carbocycles. The minimum absolute atomic E-state index is 0.115. The number of hydrazine groups is 1. The number of aryl methyl sites for hydroxylation is 1. The van der Waals surface area contributed by atoms with Crippen molar-refractivity contribution in [3.8, 4) is 0 Å². The molecule has 0 bridgehead atoms. The third kappa shape index (κ3) is 3.56. The molecule has 1 saturated heterocycles. The van der Waals surface area contributed by atoms with E-state index in [1.165, 1.54) is 5.01 Å². The maximum atomic E-state index is 6.40. The van der Waals surface area contributed by atoms with Crippen molar-refractivity contribution in [1.82, 2.24) is 20.3 Å². The first-order chi connectivity index (χ1) is 12.2. The highest BCUT2D eigenvalue weighted by atomic mass is 16.6. The van der Waals surface area contributed by atoms with Crippen LogP contribution in [-0.2, 0) is 12.0 Å². The number of aromatic nitrogens is 4. The number of nitrogens with two attached hydrogens (primary N) is 3. The monoisotopic (exact) mass is 361 g/mol. The third-order valence-corrected chi connectivity index (χ3v) is 4.44. The molecule has 1 aliphatic heterocycles. The molecule has 6 N–H and O–H groups in total. The summed E-state index contributed by atoms with van der Waals surface area (Å²) in [6.45, 7) is 9.75. The summed E-state index contributed by atoms with van der Waals surface area (Å²) in [5.74, 6) is 8.08. The van der Waals surface area contributed by atoms with E-state index >= 15 is 0 Å². The van der Waals surface area contributed by atoms with E-state index in [1.54, 1.807) is 6.92 Å². The van der Waals surface area contributed by atoms with Gasteiger partial charge in [0.1, 0.15) is 22.9 Å². The summed E-state index contributed by atoms with van der Waals surface area (Å²) in [6.07, 6.45) is 0.903. The fourth-order valence-corrected chi connectivity index (χ4v) is 2.85. The van der Waals surface area contributed by atoms with Crippen LogP contribution in [0.2, 0.25) is 0 Å². The van der Waals surface area contributed by atoms with E-state index in [2.05, 4.69) is 20.2 Å². The van der Waals surface area contributed by atoms with Crippen LogP contribution >= 0.6 is 0 Å². The SMILES string of the molecule is Cc1nonc1CN(N)c1nc(C(C)(C)C)nc(N2CCC(N)C2)c1N. The Morgan fingerprint density at radius 2 is 2.00 bits per heavy atom. The van der Waals surface area contributed by atoms with Crippen LogP contribution in [0.1, 0.15) is 44.4 Å². The fraction of sp³-hybridized carbons (Fsp3) is 0.625. The summed E-state index contributed by atoms with van der Waals surface area (Å²) >= 11 is 0. The number of hydrogen-bond donors (Lipinski definition) is 3. The molecule has 2 aromatic rings. The average molecular weight is 361 g/mol. The first kappa shape index (κ1) is 18.3. The number of anilines is 3. The zero-order valence-electron chi connectivity index (χ0n) is 15.7. The highest BCUT2D eigenvalue weighted by molar-refractivity contribution is 5.76. The van der Waals surface area contributed by atoms with Crippen LogP contribution in [0.5, 0.6) is 0 Å². The summed E-state index contributed by atoms with van der Waals surface area (Å²) in [4.78, 5) is 11.5. The van der Waals surface area contributed by atoms with Gasteiger partial charge in [0.05, 0.1) is 6.54 Å². The molecule has 10 heteroatoms. The molecule has 0 saturated carbocycles. The van der Waals surface area contributed by atoms with Gasteiger partial charge in [-0.1, -0.05) is 31.1 Å². The van der Waals surface area contributed by atoms with E-state index in [9.17, 15) is 0 Å². The van der Waals surface area contributed by atoms with Crippen molar-refractivity contribution < 1.29 is 4.63 Å². The lowest BCUT2D eigenvalue weighted by Gasteiger charge is -2.27. The molecule has 10 nitrogen and oxygen atoms in total. The summed E-state index contributed by atoms with van der Waals surface area (Å²) in [6, 6.07) is 0.115. The first-order valence-corrected chi connectivity index (χ1v) is 8.65. The van der Waals surface area contributed by atoms with Crippen LogP contribution in [0.3, 0.4) is 0 Å². The van der Waals surface area contributed by atoms with Crippen LogP contribution < -0.4 is 27.2 Å². The maximum absolute atomic E-state index is 6.40. The molecular formula is C16H27N9O. The average Bonchev–Trinajstić information content (AvgIpc) is 3.15. The molecule has 0 aliphatic carbocycles. The molecule has 1 atom stereocenters. The lowest BCUT2D eigenvalue weighted by Crippen LogP contribution is -2.35. The van der Waals surface area contributed by atoms with Gasteiger partial charge in [-0.05, 0) is 13.3 Å². The molecule has 1 fully saturated rings. The minimum Gasteiger partial charge on any atom is -0.393 e. The van der Waals surface area contributed by atoms with Crippen molar-refractivity contribution in [2.75, 3.05) is 28.7 Å². The predicted octanol–water partition coefficient (Wildman–Crippen LogP) is 0.465. The summed E-state index contributed by atoms with van der Waals surface area (Å²) in [7, 11) is 0. The third-order valence-electron chi connectivity index (χ3n) is 4.44. The Hall–Kier alpha value is -2.46. The van der Waals surface area contributed by atoms with Crippen molar-refractivity contribution in [2.45, 2.75) is 52.1 Å². The second-order valence-electron chi connectivity index (χ2n) is 7.78. The smallest absolute Gasteiger partial charge is 0.172 e. The standard InChI is InChI=1S/C16H27N9O/c1-9-11(23-26-22-9)8-25(19)14-12(18)13(24-6-5-10(17)7-24)20-15(21-14)16(2,3)4/h10H,5-8,17-19H2,1-4H3. The Bertz CT molecular complexity index is 783. The van der Waals surface area contributed by atoms with Crippen LogP contribution in [0, 0.1) is 6.92 Å². The van der Waals surface area contributed by atoms with Gasteiger partial charge in [0.2, 0.25) is 0 Å². The van der Waals surface area contributed by atoms with Gasteiger partial charge in [-0.15, -0.1) is 0 Å². The zero-order chi connectivity index (χ0) is 19.1. The van der Waals surface area contributed by atoms with E-state index in [4.69, 9.17) is 26.9 Å². The van der Waals surface area contributed by atoms with Crippen LogP contribution in [-0.4, -0.2) is 39.4 Å². The zero-order valence-corrected chi connectivity index (χ0v) is 15.7. The molecule has 3 rings (SSSR count). The number of nitrogen functional groups attached to an aromatic ring is 1. The van der Waals surface area contributed by atoms with E-state index < -0.39 is 0 Å². The van der Waals surface area contributed by atoms with Gasteiger partial charge >= 0.3 is 0 Å². The number of hydrogen-bond acceptors (Lipinski definition) is 10. The van der Waals surface area contributed by atoms with E-state index in [0.717, 1.165) is 13.0 Å². The van der Waals surface area contributed by atoms with E-state index in [1.807, 2.05) is 20.8 Å². The molecule has 1 aliphatic rings. The lowest BCUT2D eigenvalue weighted by atomic mass is 9.95. The number of nitrogens with zero attached hydrogens (tertiary/aromatic N) is 6. The predicted molar refractivity (Wildman–Crippen MR) is 99.4 cm³/mol. The van der Waals surface area contributed by atoms with Crippen molar-refractivity contribution in [2.24, 2.45) is 11.6 Å². The molecule has 26 heavy (non-hydrogen) atoms. The molecular weight excluding hydrogens is 334 g/mol. The summed E-state index contributed by atoms with van der Waals surface area (Å²) < 4.78 is 4.74. The van der Waals surface area contributed by atoms with Crippen molar-refractivity contribution in [3.05, 3.63) is 17.2 Å². The van der Waals surface area contributed by atoms with E-state index in [-0.39, 0.29) is 18.0 Å². The Morgan fingerprint density at radius 1 is 1.27 bits per heavy atom. The Labute approximate surface area is 152 Å². The molecule has 3 heterocycles. The normalized spacial score (nSPS) is 17.8. The van der Waals surface area contributed by atoms with Gasteiger partial charge in [-0.3, -0.25) is 5.01 Å². The number of rotatable bonds is 4. The van der Waals surface area contributed by atoms with Crippen LogP contribution in [0.25, 0.3) is 0 Å². The fourth-order valence-electron chi connectivity index (χ4n) is 2.85. The van der Waals surface area contributed by atoms with Crippen molar-refractivity contribution in [1.29, 1.82) is 0 Å². The second kappa shape index (κ2) is 6.69. The Balaban J connectivity index is 2.01. The summed E-state index contributed by atoms with van der Waals surface area (Å²) in [5, 5.41) is 9.11. The van der Waals surface area contributed by atoms with Gasteiger partial charge in [0.25, 0.3) is 0 Å². The van der Waals surface area contributed by atoms with Crippen LogP contribution in [0.4, 0.5) is 17.3 Å². The van der Waals surface area contributed by atoms with Gasteiger partial charge < -0.3 is 16.4 Å². The molecule has 2 aromatic heterocycles. The topological polar surface area (TPSA) is 149 Å². The molecule has 1 unspecified atom stereocenters. The molecule has 0 spiro atoms. The second-order valence-corrected chi connectivity index (χ2v) is 7.78. The first-order valence-electron chi connectivity index (χ1n) is 8.65. The van der Waals surface area contributed by atoms with Crippen molar-refractivity contribution >= 4 is 17.3 Å². The van der Waals surface area contributed by atoms with Gasteiger partial charge in [-0.2, -0.15) is 0 Å². The van der Waals surface area contributed by atoms with E-state index in [0.29, 0.717) is 41.1 Å². The maximum Gasteiger partial charge on any atom is 0.172 e. The van der Waals surface area contributed by atoms with Gasteiger partial charge in [0.15, 0.2) is 11.6 Å². The molecule has 0 radical (unpaired) electrons. The molecule has 142 valence electrons. The van der Waals surface area contributed by atoms with Gasteiger partial charge in [0, 0.05) is 24.5 Å². The van der Waals surface area contributed by atoms with Crippen LogP contribution in [0.15, 0.2) is 4.63 Å². The summed E-state index contributed by atoms with van der Waals surface area (Å²) in [5.41, 5.74) is 13.9. The molecule has 0 amide bonds. The highest BCUT2D eigenvalue weighted by Gasteiger charge is 2.29. The van der Waals surface area contributed by atoms with Crippen molar-refractivity contribution in [3.63, 3.8) is 0 Å². The van der Waals surface area contributed by atoms with Gasteiger partial charge in [-0.25, -0.2) is 20.4 Å². The Morgan fingerprint density at radius 3 is 2.54 bits per heavy atom. The largest absolute Gasteiger partial charge is 0.393 e. The minimum atomic E-state index is -0.259. The lowest BCUT2D eigenvalue weighted by molar-refractivity contribution is 0.301. The quantitative estimate of drug-likeness (QED) is 0.518.